The van der Waals surface area contributed by atoms with Crippen molar-refractivity contribution in [3.8, 4) is 5.75 Å². The Kier molecular flexibility index (Phi) is 6.10. The molecule has 0 aromatic heterocycles. The van der Waals surface area contributed by atoms with Gasteiger partial charge in [-0.2, -0.15) is 0 Å². The number of hydrogen-bond acceptors (Lipinski definition) is 5. The van der Waals surface area contributed by atoms with Gasteiger partial charge in [0.2, 0.25) is 0 Å². The summed E-state index contributed by atoms with van der Waals surface area (Å²) in [5.41, 5.74) is 0.412. The van der Waals surface area contributed by atoms with Crippen LogP contribution in [0.15, 0.2) is 18.2 Å². The van der Waals surface area contributed by atoms with Gasteiger partial charge in [0.1, 0.15) is 5.75 Å². The SMILES string of the molecule is CS(=O)Cc1cc(OCCCC(=O)O)cc([N+](=O)[O-])c1. The maximum atomic E-state index is 11.2. The number of nitro benzene ring substituents is 1. The predicted molar refractivity (Wildman–Crippen MR) is 73.2 cm³/mol. The summed E-state index contributed by atoms with van der Waals surface area (Å²) in [6.07, 6.45) is 1.79. The van der Waals surface area contributed by atoms with E-state index < -0.39 is 21.7 Å². The summed E-state index contributed by atoms with van der Waals surface area (Å²) < 4.78 is 16.5. The highest BCUT2D eigenvalue weighted by molar-refractivity contribution is 7.83. The zero-order chi connectivity index (χ0) is 15.1. The van der Waals surface area contributed by atoms with Crippen LogP contribution >= 0.6 is 0 Å². The highest BCUT2D eigenvalue weighted by Crippen LogP contribution is 2.23. The van der Waals surface area contributed by atoms with Crippen LogP contribution in [0.4, 0.5) is 5.69 Å². The molecular weight excluding hydrogens is 286 g/mol. The lowest BCUT2D eigenvalue weighted by atomic mass is 10.2. The molecule has 7 nitrogen and oxygen atoms in total. The molecule has 0 fully saturated rings. The first-order valence-electron chi connectivity index (χ1n) is 5.81. The molecule has 1 aromatic rings. The number of ether oxygens (including phenoxy) is 1. The number of aliphatic carboxylic acids is 1. The summed E-state index contributed by atoms with van der Waals surface area (Å²) in [7, 11) is -1.12. The zero-order valence-electron chi connectivity index (χ0n) is 10.9. The smallest absolute Gasteiger partial charge is 0.303 e. The van der Waals surface area contributed by atoms with E-state index in [4.69, 9.17) is 9.84 Å². The maximum absolute atomic E-state index is 11.2. The van der Waals surface area contributed by atoms with E-state index in [2.05, 4.69) is 0 Å². The van der Waals surface area contributed by atoms with Gasteiger partial charge in [-0.05, 0) is 18.1 Å². The summed E-state index contributed by atoms with van der Waals surface area (Å²) in [5.74, 6) is -0.438. The Labute approximate surface area is 118 Å². The van der Waals surface area contributed by atoms with Crippen LogP contribution in [0.25, 0.3) is 0 Å². The van der Waals surface area contributed by atoms with Gasteiger partial charge in [-0.3, -0.25) is 19.1 Å². The van der Waals surface area contributed by atoms with Crippen molar-refractivity contribution in [1.82, 2.24) is 0 Å². The fraction of sp³-hybridized carbons (Fsp3) is 0.417. The van der Waals surface area contributed by atoms with E-state index in [0.29, 0.717) is 12.0 Å². The van der Waals surface area contributed by atoms with Gasteiger partial charge in [-0.15, -0.1) is 0 Å². The van der Waals surface area contributed by atoms with Crippen LogP contribution in [-0.2, 0) is 21.3 Å². The van der Waals surface area contributed by atoms with Crippen LogP contribution in [0.1, 0.15) is 18.4 Å². The fourth-order valence-electron chi connectivity index (χ4n) is 1.56. The van der Waals surface area contributed by atoms with Crippen molar-refractivity contribution in [2.24, 2.45) is 0 Å². The number of benzene rings is 1. The molecular formula is C12H15NO6S. The lowest BCUT2D eigenvalue weighted by Crippen LogP contribution is -2.03. The molecule has 1 N–H and O–H groups in total. The Morgan fingerprint density at radius 1 is 1.45 bits per heavy atom. The van der Waals surface area contributed by atoms with Gasteiger partial charge in [0, 0.05) is 35.3 Å². The molecule has 0 amide bonds. The first-order chi connectivity index (χ1) is 9.38. The minimum Gasteiger partial charge on any atom is -0.493 e. The second-order valence-electron chi connectivity index (χ2n) is 4.16. The van der Waals surface area contributed by atoms with E-state index in [1.54, 1.807) is 6.07 Å². The largest absolute Gasteiger partial charge is 0.493 e. The third kappa shape index (κ3) is 5.79. The Bertz CT molecular complexity index is 531. The van der Waals surface area contributed by atoms with Crippen molar-refractivity contribution in [2.75, 3.05) is 12.9 Å². The average molecular weight is 301 g/mol. The molecule has 0 aliphatic rings. The van der Waals surface area contributed by atoms with Crippen LogP contribution in [0.3, 0.4) is 0 Å². The Morgan fingerprint density at radius 2 is 2.15 bits per heavy atom. The van der Waals surface area contributed by atoms with Crippen LogP contribution < -0.4 is 4.74 Å². The fourth-order valence-corrected chi connectivity index (χ4v) is 2.20. The molecule has 0 spiro atoms. The highest BCUT2D eigenvalue weighted by Gasteiger charge is 2.11. The topological polar surface area (TPSA) is 107 Å². The predicted octanol–water partition coefficient (Wildman–Crippen LogP) is 1.72. The number of carbonyl (C=O) groups is 1. The van der Waals surface area contributed by atoms with E-state index in [0.717, 1.165) is 0 Å². The number of non-ortho nitro benzene ring substituents is 1. The molecule has 20 heavy (non-hydrogen) atoms. The Morgan fingerprint density at radius 3 is 2.70 bits per heavy atom. The number of rotatable bonds is 8. The van der Waals surface area contributed by atoms with E-state index >= 15 is 0 Å². The van der Waals surface area contributed by atoms with Crippen LogP contribution in [-0.4, -0.2) is 33.1 Å². The monoisotopic (exact) mass is 301 g/mol. The van der Waals surface area contributed by atoms with Crippen molar-refractivity contribution in [1.29, 1.82) is 0 Å². The van der Waals surface area contributed by atoms with Gasteiger partial charge in [-0.25, -0.2) is 0 Å². The van der Waals surface area contributed by atoms with Crippen molar-refractivity contribution >= 4 is 22.5 Å². The number of carboxylic acids is 1. The third-order valence-electron chi connectivity index (χ3n) is 2.34. The first-order valence-corrected chi connectivity index (χ1v) is 7.54. The van der Waals surface area contributed by atoms with E-state index in [1.807, 2.05) is 0 Å². The van der Waals surface area contributed by atoms with E-state index in [9.17, 15) is 19.1 Å². The van der Waals surface area contributed by atoms with Crippen molar-refractivity contribution < 1.29 is 23.8 Å². The summed E-state index contributed by atoms with van der Waals surface area (Å²) in [6.45, 7) is 0.155. The van der Waals surface area contributed by atoms with Gasteiger partial charge >= 0.3 is 5.97 Å². The van der Waals surface area contributed by atoms with Gasteiger partial charge < -0.3 is 9.84 Å². The van der Waals surface area contributed by atoms with Crippen molar-refractivity contribution in [3.63, 3.8) is 0 Å². The molecule has 0 bridgehead atoms. The van der Waals surface area contributed by atoms with Gasteiger partial charge in [-0.1, -0.05) is 0 Å². The normalized spacial score (nSPS) is 11.8. The molecule has 0 radical (unpaired) electrons. The molecule has 1 unspecified atom stereocenters. The number of carboxylic acid groups (broad SMARTS) is 1. The highest BCUT2D eigenvalue weighted by atomic mass is 32.2. The molecule has 0 aliphatic carbocycles. The molecule has 1 rings (SSSR count). The number of nitro groups is 1. The minimum absolute atomic E-state index is 0.0270. The molecule has 110 valence electrons. The number of hydrogen-bond donors (Lipinski definition) is 1. The molecule has 0 saturated heterocycles. The first kappa shape index (κ1) is 16.1. The lowest BCUT2D eigenvalue weighted by Gasteiger charge is -2.07. The van der Waals surface area contributed by atoms with E-state index in [-0.39, 0.29) is 30.2 Å². The third-order valence-corrected chi connectivity index (χ3v) is 3.08. The van der Waals surface area contributed by atoms with Crippen LogP contribution in [0.5, 0.6) is 5.75 Å². The van der Waals surface area contributed by atoms with E-state index in [1.165, 1.54) is 18.4 Å². The average Bonchev–Trinajstić information content (AvgIpc) is 2.33. The van der Waals surface area contributed by atoms with Crippen LogP contribution in [0.2, 0.25) is 0 Å². The summed E-state index contributed by atoms with van der Waals surface area (Å²) in [6, 6.07) is 4.20. The molecule has 1 aromatic carbocycles. The minimum atomic E-state index is -1.12. The Hall–Kier alpha value is -1.96. The standard InChI is InChI=1S/C12H15NO6S/c1-20(18)8-9-5-10(13(16)17)7-11(6-9)19-4-2-3-12(14)15/h5-7H,2-4,8H2,1H3,(H,14,15). The van der Waals surface area contributed by atoms with Gasteiger partial charge in [0.25, 0.3) is 5.69 Å². The lowest BCUT2D eigenvalue weighted by molar-refractivity contribution is -0.385. The molecule has 1 atom stereocenters. The van der Waals surface area contributed by atoms with Gasteiger partial charge in [0.05, 0.1) is 17.6 Å². The zero-order valence-corrected chi connectivity index (χ0v) is 11.7. The summed E-state index contributed by atoms with van der Waals surface area (Å²) in [4.78, 5) is 20.6. The second-order valence-corrected chi connectivity index (χ2v) is 5.59. The van der Waals surface area contributed by atoms with Crippen LogP contribution in [0, 0.1) is 10.1 Å². The molecule has 0 aliphatic heterocycles. The molecule has 0 heterocycles. The Balaban J connectivity index is 2.77. The van der Waals surface area contributed by atoms with Crippen molar-refractivity contribution in [2.45, 2.75) is 18.6 Å². The second kappa shape index (κ2) is 7.59. The van der Waals surface area contributed by atoms with Crippen molar-refractivity contribution in [3.05, 3.63) is 33.9 Å². The number of nitrogens with zero attached hydrogens (tertiary/aromatic N) is 1. The quantitative estimate of drug-likeness (QED) is 0.445. The van der Waals surface area contributed by atoms with Gasteiger partial charge in [0.15, 0.2) is 0 Å². The summed E-state index contributed by atoms with van der Waals surface area (Å²) in [5, 5.41) is 19.3. The summed E-state index contributed by atoms with van der Waals surface area (Å²) >= 11 is 0. The molecule has 0 saturated carbocycles. The maximum Gasteiger partial charge on any atom is 0.303 e. The molecule has 8 heteroatoms.